The maximum Gasteiger partial charge on any atom is 0.150 e. The number of sulfone groups is 1. The summed E-state index contributed by atoms with van der Waals surface area (Å²) >= 11 is 3.50. The standard InChI is InChI=1S/C15H19BrN2O2S/c1-2-21(19,20)9-5-7-13(17)15-12(16)10-11-6-3-4-8-14(11)18-15/h3-4,6,8,10,13H,2,5,7,9,17H2,1H3. The van der Waals surface area contributed by atoms with Crippen LogP contribution in [-0.4, -0.2) is 24.9 Å². The predicted molar refractivity (Wildman–Crippen MR) is 89.9 cm³/mol. The van der Waals surface area contributed by atoms with Gasteiger partial charge in [-0.25, -0.2) is 13.4 Å². The fraction of sp³-hybridized carbons (Fsp3) is 0.400. The Morgan fingerprint density at radius 3 is 2.76 bits per heavy atom. The van der Waals surface area contributed by atoms with Crippen molar-refractivity contribution >= 4 is 36.7 Å². The van der Waals surface area contributed by atoms with Gasteiger partial charge in [0.15, 0.2) is 0 Å². The molecular weight excluding hydrogens is 352 g/mol. The molecule has 0 aliphatic rings. The van der Waals surface area contributed by atoms with Crippen molar-refractivity contribution in [1.29, 1.82) is 0 Å². The van der Waals surface area contributed by atoms with Crippen molar-refractivity contribution in [3.63, 3.8) is 0 Å². The molecule has 0 fully saturated rings. The molecule has 1 aromatic carbocycles. The molecule has 1 atom stereocenters. The van der Waals surface area contributed by atoms with Crippen LogP contribution in [0.25, 0.3) is 10.9 Å². The summed E-state index contributed by atoms with van der Waals surface area (Å²) in [4.78, 5) is 4.59. The molecular formula is C15H19BrN2O2S. The van der Waals surface area contributed by atoms with E-state index in [1.807, 2.05) is 30.3 Å². The number of aromatic nitrogens is 1. The average molecular weight is 371 g/mol. The van der Waals surface area contributed by atoms with Gasteiger partial charge in [-0.2, -0.15) is 0 Å². The van der Waals surface area contributed by atoms with E-state index >= 15 is 0 Å². The zero-order chi connectivity index (χ0) is 15.5. The molecule has 1 heterocycles. The highest BCUT2D eigenvalue weighted by Gasteiger charge is 2.15. The van der Waals surface area contributed by atoms with E-state index < -0.39 is 9.84 Å². The number of benzene rings is 1. The molecule has 4 nitrogen and oxygen atoms in total. The summed E-state index contributed by atoms with van der Waals surface area (Å²) in [5, 5.41) is 1.05. The molecule has 21 heavy (non-hydrogen) atoms. The van der Waals surface area contributed by atoms with Gasteiger partial charge in [0.2, 0.25) is 0 Å². The first-order valence-corrected chi connectivity index (χ1v) is 9.55. The van der Waals surface area contributed by atoms with Crippen LogP contribution in [0.2, 0.25) is 0 Å². The number of nitrogens with two attached hydrogens (primary N) is 1. The third-order valence-corrected chi connectivity index (χ3v) is 5.89. The molecule has 6 heteroatoms. The van der Waals surface area contributed by atoms with E-state index in [1.165, 1.54) is 0 Å². The number of halogens is 1. The van der Waals surface area contributed by atoms with Crippen LogP contribution < -0.4 is 5.73 Å². The Bertz CT molecular complexity index is 732. The Kier molecular flexibility index (Phi) is 5.35. The van der Waals surface area contributed by atoms with E-state index in [4.69, 9.17) is 5.73 Å². The summed E-state index contributed by atoms with van der Waals surface area (Å²) < 4.78 is 23.9. The van der Waals surface area contributed by atoms with Crippen LogP contribution in [0.15, 0.2) is 34.8 Å². The van der Waals surface area contributed by atoms with Gasteiger partial charge in [-0.15, -0.1) is 0 Å². The van der Waals surface area contributed by atoms with Crippen molar-refractivity contribution in [2.24, 2.45) is 5.73 Å². The molecule has 0 aliphatic heterocycles. The highest BCUT2D eigenvalue weighted by molar-refractivity contribution is 9.10. The predicted octanol–water partition coefficient (Wildman–Crippen LogP) is 3.21. The van der Waals surface area contributed by atoms with Crippen molar-refractivity contribution in [2.75, 3.05) is 11.5 Å². The number of rotatable bonds is 6. The van der Waals surface area contributed by atoms with E-state index in [9.17, 15) is 8.42 Å². The molecule has 2 N–H and O–H groups in total. The van der Waals surface area contributed by atoms with Gasteiger partial charge in [-0.1, -0.05) is 25.1 Å². The van der Waals surface area contributed by atoms with Crippen LogP contribution >= 0.6 is 15.9 Å². The fourth-order valence-electron chi connectivity index (χ4n) is 2.17. The van der Waals surface area contributed by atoms with Gasteiger partial charge in [0.05, 0.1) is 17.0 Å². The third kappa shape index (κ3) is 4.25. The number of fused-ring (bicyclic) bond motifs is 1. The summed E-state index contributed by atoms with van der Waals surface area (Å²) in [6.07, 6.45) is 1.15. The van der Waals surface area contributed by atoms with Crippen LogP contribution in [0.1, 0.15) is 31.5 Å². The first-order chi connectivity index (χ1) is 9.93. The lowest BCUT2D eigenvalue weighted by molar-refractivity contribution is 0.580. The highest BCUT2D eigenvalue weighted by Crippen LogP contribution is 2.27. The minimum Gasteiger partial charge on any atom is -0.323 e. The smallest absolute Gasteiger partial charge is 0.150 e. The monoisotopic (exact) mass is 370 g/mol. The summed E-state index contributed by atoms with van der Waals surface area (Å²) in [5.74, 6) is 0.364. The second-order valence-corrected chi connectivity index (χ2v) is 8.36. The second-order valence-electron chi connectivity index (χ2n) is 5.03. The van der Waals surface area contributed by atoms with Crippen molar-refractivity contribution in [1.82, 2.24) is 4.98 Å². The topological polar surface area (TPSA) is 73.0 Å². The lowest BCUT2D eigenvalue weighted by Gasteiger charge is -2.14. The van der Waals surface area contributed by atoms with Gasteiger partial charge >= 0.3 is 0 Å². The van der Waals surface area contributed by atoms with Crippen molar-refractivity contribution in [3.8, 4) is 0 Å². The lowest BCUT2D eigenvalue weighted by atomic mass is 10.1. The SMILES string of the molecule is CCS(=O)(=O)CCCC(N)c1nc2ccccc2cc1Br. The fourth-order valence-corrected chi connectivity index (χ4v) is 3.69. The Hall–Kier alpha value is -0.980. The number of nitrogens with zero attached hydrogens (tertiary/aromatic N) is 1. The minimum atomic E-state index is -2.93. The van der Waals surface area contributed by atoms with E-state index in [1.54, 1.807) is 6.92 Å². The van der Waals surface area contributed by atoms with Crippen LogP contribution in [-0.2, 0) is 9.84 Å². The van der Waals surface area contributed by atoms with Gasteiger partial charge in [0.1, 0.15) is 9.84 Å². The highest BCUT2D eigenvalue weighted by atomic mass is 79.9. The normalized spacial score (nSPS) is 13.5. The van der Waals surface area contributed by atoms with Crippen LogP contribution in [0.3, 0.4) is 0 Å². The zero-order valence-corrected chi connectivity index (χ0v) is 14.3. The van der Waals surface area contributed by atoms with E-state index in [0.717, 1.165) is 21.1 Å². The van der Waals surface area contributed by atoms with E-state index in [0.29, 0.717) is 12.8 Å². The quantitative estimate of drug-likeness (QED) is 0.846. The largest absolute Gasteiger partial charge is 0.323 e. The van der Waals surface area contributed by atoms with Crippen LogP contribution in [0, 0.1) is 0 Å². The van der Waals surface area contributed by atoms with E-state index in [-0.39, 0.29) is 17.5 Å². The van der Waals surface area contributed by atoms with Crippen LogP contribution in [0.4, 0.5) is 0 Å². The third-order valence-electron chi connectivity index (χ3n) is 3.47. The van der Waals surface area contributed by atoms with Gasteiger partial charge in [-0.3, -0.25) is 0 Å². The molecule has 0 saturated heterocycles. The van der Waals surface area contributed by atoms with Gasteiger partial charge in [0, 0.05) is 21.7 Å². The Balaban J connectivity index is 2.12. The maximum absolute atomic E-state index is 11.5. The summed E-state index contributed by atoms with van der Waals surface area (Å²) in [6.45, 7) is 1.66. The van der Waals surface area contributed by atoms with Gasteiger partial charge in [-0.05, 0) is 40.9 Å². The molecule has 0 amide bonds. The summed E-state index contributed by atoms with van der Waals surface area (Å²) in [5.41, 5.74) is 7.85. The molecule has 1 aromatic heterocycles. The first-order valence-electron chi connectivity index (χ1n) is 6.94. The average Bonchev–Trinajstić information content (AvgIpc) is 2.46. The van der Waals surface area contributed by atoms with Crippen molar-refractivity contribution in [3.05, 3.63) is 40.5 Å². The van der Waals surface area contributed by atoms with Crippen molar-refractivity contribution in [2.45, 2.75) is 25.8 Å². The molecule has 114 valence electrons. The molecule has 0 saturated carbocycles. The molecule has 2 aromatic rings. The molecule has 0 spiro atoms. The summed E-state index contributed by atoms with van der Waals surface area (Å²) in [7, 11) is -2.93. The van der Waals surface area contributed by atoms with Gasteiger partial charge in [0.25, 0.3) is 0 Å². The van der Waals surface area contributed by atoms with E-state index in [2.05, 4.69) is 20.9 Å². The number of hydrogen-bond acceptors (Lipinski definition) is 4. The van der Waals surface area contributed by atoms with Crippen molar-refractivity contribution < 1.29 is 8.42 Å². The molecule has 1 unspecified atom stereocenters. The summed E-state index contributed by atoms with van der Waals surface area (Å²) in [6, 6.07) is 9.57. The number of para-hydroxylation sites is 1. The number of hydrogen-bond donors (Lipinski definition) is 1. The Labute approximate surface area is 133 Å². The molecule has 0 aliphatic carbocycles. The lowest BCUT2D eigenvalue weighted by Crippen LogP contribution is -2.16. The van der Waals surface area contributed by atoms with Gasteiger partial charge < -0.3 is 5.73 Å². The van der Waals surface area contributed by atoms with Crippen LogP contribution in [0.5, 0.6) is 0 Å². The second kappa shape index (κ2) is 6.85. The number of pyridine rings is 1. The molecule has 0 radical (unpaired) electrons. The molecule has 0 bridgehead atoms. The molecule has 2 rings (SSSR count). The Morgan fingerprint density at radius 2 is 2.05 bits per heavy atom. The first kappa shape index (κ1) is 16.4. The Morgan fingerprint density at radius 1 is 1.33 bits per heavy atom. The zero-order valence-electron chi connectivity index (χ0n) is 11.9. The maximum atomic E-state index is 11.5. The minimum absolute atomic E-state index is 0.181.